The largest absolute Gasteiger partial charge is 0.497 e. The van der Waals surface area contributed by atoms with Gasteiger partial charge in [0.2, 0.25) is 0 Å². The van der Waals surface area contributed by atoms with Gasteiger partial charge in [0.1, 0.15) is 11.4 Å². The average molecular weight is 363 g/mol. The Kier molecular flexibility index (Phi) is 3.90. The zero-order chi connectivity index (χ0) is 14.8. The molecule has 3 rings (SSSR count). The van der Waals surface area contributed by atoms with Crippen LogP contribution in [0.2, 0.25) is 0 Å². The zero-order valence-corrected chi connectivity index (χ0v) is 13.5. The van der Waals surface area contributed by atoms with E-state index in [2.05, 4.69) is 21.0 Å². The van der Waals surface area contributed by atoms with Crippen molar-refractivity contribution in [1.29, 1.82) is 0 Å². The monoisotopic (exact) mass is 362 g/mol. The fourth-order valence-corrected chi connectivity index (χ4v) is 3.38. The summed E-state index contributed by atoms with van der Waals surface area (Å²) in [7, 11) is 1.62. The number of hydrogen-bond acceptors (Lipinski definition) is 4. The van der Waals surface area contributed by atoms with Crippen LogP contribution in [0.15, 0.2) is 46.4 Å². The van der Waals surface area contributed by atoms with Crippen molar-refractivity contribution in [3.63, 3.8) is 0 Å². The van der Waals surface area contributed by atoms with E-state index in [1.807, 2.05) is 36.4 Å². The Bertz CT molecular complexity index is 795. The Balaban J connectivity index is 2.08. The number of methoxy groups -OCH3 is 1. The number of hydrogen-bond donors (Lipinski definition) is 0. The van der Waals surface area contributed by atoms with Gasteiger partial charge in [-0.2, -0.15) is 5.10 Å². The maximum atomic E-state index is 11.3. The first-order chi connectivity index (χ1) is 10.2. The van der Waals surface area contributed by atoms with Crippen molar-refractivity contribution in [2.75, 3.05) is 7.11 Å². The van der Waals surface area contributed by atoms with E-state index in [1.54, 1.807) is 29.3 Å². The lowest BCUT2D eigenvalue weighted by Crippen LogP contribution is -1.95. The molecule has 3 aromatic rings. The molecule has 0 N–H and O–H groups in total. The van der Waals surface area contributed by atoms with Crippen LogP contribution < -0.4 is 4.74 Å². The maximum Gasteiger partial charge on any atom is 0.153 e. The van der Waals surface area contributed by atoms with Crippen LogP contribution >= 0.6 is 27.3 Å². The van der Waals surface area contributed by atoms with Crippen molar-refractivity contribution in [3.8, 4) is 22.0 Å². The van der Waals surface area contributed by atoms with Gasteiger partial charge in [0.05, 0.1) is 27.0 Å². The smallest absolute Gasteiger partial charge is 0.153 e. The molecule has 0 saturated carbocycles. The number of nitrogens with zero attached hydrogens (tertiary/aromatic N) is 2. The number of aromatic nitrogens is 2. The lowest BCUT2D eigenvalue weighted by Gasteiger charge is -2.03. The topological polar surface area (TPSA) is 44.1 Å². The predicted octanol–water partition coefficient (Wildman–Crippen LogP) is 4.18. The second-order valence-electron chi connectivity index (χ2n) is 4.30. The number of carbonyl (C=O) groups is 1. The first-order valence-electron chi connectivity index (χ1n) is 6.16. The van der Waals surface area contributed by atoms with Gasteiger partial charge in [0, 0.05) is 12.3 Å². The standard InChI is InChI=1S/C15H11BrN2O2S/c1-20-12-4-2-3-11(7-12)18-8-10(9-19)15(17-18)13-5-6-14(16)21-13/h2-9H,1H3. The van der Waals surface area contributed by atoms with Crippen LogP contribution in [0.25, 0.3) is 16.3 Å². The Morgan fingerprint density at radius 2 is 2.19 bits per heavy atom. The molecular weight excluding hydrogens is 352 g/mol. The van der Waals surface area contributed by atoms with E-state index in [1.165, 1.54) is 0 Å². The van der Waals surface area contributed by atoms with Gasteiger partial charge in [0.25, 0.3) is 0 Å². The molecule has 0 amide bonds. The third kappa shape index (κ3) is 2.77. The van der Waals surface area contributed by atoms with Crippen molar-refractivity contribution < 1.29 is 9.53 Å². The molecule has 1 aromatic carbocycles. The summed E-state index contributed by atoms with van der Waals surface area (Å²) >= 11 is 4.97. The normalized spacial score (nSPS) is 10.6. The van der Waals surface area contributed by atoms with Gasteiger partial charge >= 0.3 is 0 Å². The van der Waals surface area contributed by atoms with Crippen LogP contribution in [-0.4, -0.2) is 23.2 Å². The van der Waals surface area contributed by atoms with Crippen LogP contribution in [0.3, 0.4) is 0 Å². The molecule has 6 heteroatoms. The van der Waals surface area contributed by atoms with Gasteiger partial charge in [0.15, 0.2) is 6.29 Å². The summed E-state index contributed by atoms with van der Waals surface area (Å²) in [6.07, 6.45) is 2.55. The number of halogens is 1. The van der Waals surface area contributed by atoms with Crippen molar-refractivity contribution in [1.82, 2.24) is 9.78 Å². The number of benzene rings is 1. The summed E-state index contributed by atoms with van der Waals surface area (Å²) in [5.74, 6) is 0.746. The highest BCUT2D eigenvalue weighted by Crippen LogP contribution is 2.32. The maximum absolute atomic E-state index is 11.3. The highest BCUT2D eigenvalue weighted by atomic mass is 79.9. The van der Waals surface area contributed by atoms with Crippen LogP contribution in [0, 0.1) is 0 Å². The second-order valence-corrected chi connectivity index (χ2v) is 6.76. The third-order valence-electron chi connectivity index (χ3n) is 2.99. The number of aldehydes is 1. The minimum Gasteiger partial charge on any atom is -0.497 e. The van der Waals surface area contributed by atoms with Crippen LogP contribution in [-0.2, 0) is 0 Å². The molecule has 0 bridgehead atoms. The second kappa shape index (κ2) is 5.83. The fourth-order valence-electron chi connectivity index (χ4n) is 1.99. The Morgan fingerprint density at radius 1 is 1.33 bits per heavy atom. The molecule has 0 aliphatic heterocycles. The van der Waals surface area contributed by atoms with Crippen LogP contribution in [0.4, 0.5) is 0 Å². The van der Waals surface area contributed by atoms with Gasteiger partial charge in [-0.1, -0.05) is 6.07 Å². The first-order valence-corrected chi connectivity index (χ1v) is 7.77. The van der Waals surface area contributed by atoms with Gasteiger partial charge < -0.3 is 4.74 Å². The molecule has 0 spiro atoms. The molecule has 0 saturated heterocycles. The molecule has 0 aliphatic carbocycles. The number of thiophene rings is 1. The third-order valence-corrected chi connectivity index (χ3v) is 4.62. The summed E-state index contributed by atoms with van der Waals surface area (Å²) in [6, 6.07) is 11.4. The van der Waals surface area contributed by atoms with Crippen molar-refractivity contribution >= 4 is 33.6 Å². The first kappa shape index (κ1) is 14.0. The molecule has 0 atom stereocenters. The SMILES string of the molecule is COc1cccc(-n2cc(C=O)c(-c3ccc(Br)s3)n2)c1. The van der Waals surface area contributed by atoms with E-state index in [4.69, 9.17) is 4.74 Å². The Morgan fingerprint density at radius 3 is 2.86 bits per heavy atom. The summed E-state index contributed by atoms with van der Waals surface area (Å²) in [6.45, 7) is 0. The van der Waals surface area contributed by atoms with Gasteiger partial charge in [-0.25, -0.2) is 4.68 Å². The van der Waals surface area contributed by atoms with E-state index in [-0.39, 0.29) is 0 Å². The lowest BCUT2D eigenvalue weighted by molar-refractivity contribution is 0.112. The molecule has 2 aromatic heterocycles. The fraction of sp³-hybridized carbons (Fsp3) is 0.0667. The van der Waals surface area contributed by atoms with E-state index in [0.29, 0.717) is 11.3 Å². The van der Waals surface area contributed by atoms with Crippen molar-refractivity contribution in [2.45, 2.75) is 0 Å². The Hall–Kier alpha value is -1.92. The minimum atomic E-state index is 0.562. The molecular formula is C15H11BrN2O2S. The predicted molar refractivity (Wildman–Crippen MR) is 86.5 cm³/mol. The highest BCUT2D eigenvalue weighted by molar-refractivity contribution is 9.11. The van der Waals surface area contributed by atoms with E-state index in [9.17, 15) is 4.79 Å². The number of ether oxygens (including phenoxy) is 1. The molecule has 4 nitrogen and oxygen atoms in total. The van der Waals surface area contributed by atoms with Crippen LogP contribution in [0.5, 0.6) is 5.75 Å². The summed E-state index contributed by atoms with van der Waals surface area (Å²) < 4.78 is 7.91. The molecule has 0 fully saturated rings. The van der Waals surface area contributed by atoms with E-state index >= 15 is 0 Å². The molecule has 0 radical (unpaired) electrons. The molecule has 2 heterocycles. The van der Waals surface area contributed by atoms with Crippen molar-refractivity contribution in [2.24, 2.45) is 0 Å². The van der Waals surface area contributed by atoms with Crippen molar-refractivity contribution in [3.05, 3.63) is 51.9 Å². The van der Waals surface area contributed by atoms with E-state index in [0.717, 1.165) is 26.4 Å². The minimum absolute atomic E-state index is 0.562. The summed E-state index contributed by atoms with van der Waals surface area (Å²) in [5, 5.41) is 4.53. The van der Waals surface area contributed by atoms with E-state index < -0.39 is 0 Å². The summed E-state index contributed by atoms with van der Waals surface area (Å²) in [4.78, 5) is 12.2. The summed E-state index contributed by atoms with van der Waals surface area (Å²) in [5.41, 5.74) is 2.09. The average Bonchev–Trinajstić information content (AvgIpc) is 3.13. The van der Waals surface area contributed by atoms with Gasteiger partial charge in [-0.05, 0) is 40.2 Å². The number of carbonyl (C=O) groups excluding carboxylic acids is 1. The molecule has 106 valence electrons. The van der Waals surface area contributed by atoms with Gasteiger partial charge in [-0.3, -0.25) is 4.79 Å². The lowest BCUT2D eigenvalue weighted by atomic mass is 10.2. The molecule has 0 unspecified atom stereocenters. The van der Waals surface area contributed by atoms with Crippen LogP contribution in [0.1, 0.15) is 10.4 Å². The Labute approximate surface area is 134 Å². The highest BCUT2D eigenvalue weighted by Gasteiger charge is 2.13. The quantitative estimate of drug-likeness (QED) is 0.653. The molecule has 0 aliphatic rings. The van der Waals surface area contributed by atoms with Gasteiger partial charge in [-0.15, -0.1) is 11.3 Å². The molecule has 21 heavy (non-hydrogen) atoms. The zero-order valence-electron chi connectivity index (χ0n) is 11.1. The number of rotatable bonds is 4.